The lowest BCUT2D eigenvalue weighted by Gasteiger charge is -2.33. The minimum absolute atomic E-state index is 0.191. The number of hydrogen-bond acceptors (Lipinski definition) is 6. The average molecular weight is 300 g/mol. The highest BCUT2D eigenvalue weighted by molar-refractivity contribution is 5.41. The van der Waals surface area contributed by atoms with Gasteiger partial charge in [-0.05, 0) is 25.0 Å². The molecule has 1 saturated heterocycles. The van der Waals surface area contributed by atoms with E-state index in [1.165, 1.54) is 6.33 Å². The van der Waals surface area contributed by atoms with E-state index in [-0.39, 0.29) is 6.10 Å². The molecular weight excluding hydrogens is 280 g/mol. The van der Waals surface area contributed by atoms with Crippen molar-refractivity contribution in [2.75, 3.05) is 25.1 Å². The highest BCUT2D eigenvalue weighted by atomic mass is 16.5. The molecule has 1 fully saturated rings. The first kappa shape index (κ1) is 14.7. The number of methoxy groups -OCH3 is 1. The van der Waals surface area contributed by atoms with E-state index in [4.69, 9.17) is 9.47 Å². The summed E-state index contributed by atoms with van der Waals surface area (Å²) in [6.07, 6.45) is 5.66. The molecule has 6 nitrogen and oxygen atoms in total. The molecule has 2 aromatic heterocycles. The molecule has 0 saturated carbocycles. The molecule has 6 heteroatoms. The third-order valence-electron chi connectivity index (χ3n) is 3.73. The number of aromatic nitrogens is 3. The number of ether oxygens (including phenoxy) is 2. The van der Waals surface area contributed by atoms with Crippen LogP contribution in [0.2, 0.25) is 0 Å². The Hall–Kier alpha value is -2.21. The maximum Gasteiger partial charge on any atom is 0.218 e. The van der Waals surface area contributed by atoms with Crippen LogP contribution in [-0.4, -0.2) is 41.3 Å². The Kier molecular flexibility index (Phi) is 4.80. The Labute approximate surface area is 130 Å². The van der Waals surface area contributed by atoms with Crippen LogP contribution in [0.4, 0.5) is 5.82 Å². The summed E-state index contributed by atoms with van der Waals surface area (Å²) in [7, 11) is 1.61. The molecule has 116 valence electrons. The van der Waals surface area contributed by atoms with Gasteiger partial charge in [-0.25, -0.2) is 9.97 Å². The van der Waals surface area contributed by atoms with Gasteiger partial charge in [0.2, 0.25) is 5.88 Å². The third-order valence-corrected chi connectivity index (χ3v) is 3.73. The lowest BCUT2D eigenvalue weighted by atomic mass is 10.1. The molecule has 1 aliphatic heterocycles. The minimum Gasteiger partial charge on any atom is -0.481 e. The first-order valence-electron chi connectivity index (χ1n) is 7.47. The van der Waals surface area contributed by atoms with Gasteiger partial charge in [-0.1, -0.05) is 6.07 Å². The van der Waals surface area contributed by atoms with Crippen molar-refractivity contribution >= 4 is 5.82 Å². The molecular formula is C16H20N4O2. The highest BCUT2D eigenvalue weighted by Crippen LogP contribution is 2.22. The van der Waals surface area contributed by atoms with Crippen molar-refractivity contribution < 1.29 is 9.47 Å². The van der Waals surface area contributed by atoms with Crippen LogP contribution >= 0.6 is 0 Å². The van der Waals surface area contributed by atoms with Crippen LogP contribution in [0.5, 0.6) is 5.88 Å². The van der Waals surface area contributed by atoms with Crippen molar-refractivity contribution in [1.29, 1.82) is 0 Å². The van der Waals surface area contributed by atoms with Gasteiger partial charge in [-0.3, -0.25) is 4.98 Å². The molecule has 0 radical (unpaired) electrons. The number of piperidine rings is 1. The van der Waals surface area contributed by atoms with E-state index in [1.807, 2.05) is 24.3 Å². The second kappa shape index (κ2) is 7.17. The third kappa shape index (κ3) is 3.71. The number of rotatable bonds is 5. The summed E-state index contributed by atoms with van der Waals surface area (Å²) in [5.74, 6) is 1.47. The van der Waals surface area contributed by atoms with Crippen molar-refractivity contribution in [3.05, 3.63) is 42.5 Å². The highest BCUT2D eigenvalue weighted by Gasteiger charge is 2.22. The molecule has 2 aromatic rings. The number of anilines is 1. The van der Waals surface area contributed by atoms with Crippen LogP contribution in [0.1, 0.15) is 18.5 Å². The zero-order valence-corrected chi connectivity index (χ0v) is 12.7. The van der Waals surface area contributed by atoms with Crippen molar-refractivity contribution in [2.45, 2.75) is 25.6 Å². The molecule has 1 atom stereocenters. The predicted octanol–water partition coefficient (Wildman–Crippen LogP) is 2.07. The van der Waals surface area contributed by atoms with E-state index in [9.17, 15) is 0 Å². The van der Waals surface area contributed by atoms with Gasteiger partial charge in [0, 0.05) is 25.4 Å². The van der Waals surface area contributed by atoms with E-state index in [1.54, 1.807) is 13.3 Å². The van der Waals surface area contributed by atoms with Gasteiger partial charge in [0.15, 0.2) is 0 Å². The van der Waals surface area contributed by atoms with Gasteiger partial charge in [-0.15, -0.1) is 0 Å². The van der Waals surface area contributed by atoms with Crippen molar-refractivity contribution in [3.8, 4) is 5.88 Å². The second-order valence-electron chi connectivity index (χ2n) is 5.26. The SMILES string of the molecule is COc1cc(N2CCC[C@H](OCc3ccccn3)C2)ncn1. The summed E-state index contributed by atoms with van der Waals surface area (Å²) in [4.78, 5) is 14.9. The molecule has 1 aliphatic rings. The largest absolute Gasteiger partial charge is 0.481 e. The normalized spacial score (nSPS) is 18.2. The first-order valence-corrected chi connectivity index (χ1v) is 7.47. The molecule has 22 heavy (non-hydrogen) atoms. The van der Waals surface area contributed by atoms with Crippen LogP contribution in [0, 0.1) is 0 Å². The summed E-state index contributed by atoms with van der Waals surface area (Å²) >= 11 is 0. The summed E-state index contributed by atoms with van der Waals surface area (Å²) in [5, 5.41) is 0. The van der Waals surface area contributed by atoms with Gasteiger partial charge >= 0.3 is 0 Å². The first-order chi connectivity index (χ1) is 10.8. The molecule has 0 bridgehead atoms. The lowest BCUT2D eigenvalue weighted by molar-refractivity contribution is 0.0297. The van der Waals surface area contributed by atoms with Crippen LogP contribution in [-0.2, 0) is 11.3 Å². The van der Waals surface area contributed by atoms with E-state index in [0.29, 0.717) is 12.5 Å². The standard InChI is InChI=1S/C16H20N4O2/c1-21-16-9-15(18-12-19-16)20-8-4-6-14(10-20)22-11-13-5-2-3-7-17-13/h2-3,5,7,9,12,14H,4,6,8,10-11H2,1H3/t14-/m0/s1. The molecule has 0 unspecified atom stereocenters. The molecule has 0 spiro atoms. The number of pyridine rings is 1. The zero-order chi connectivity index (χ0) is 15.2. The van der Waals surface area contributed by atoms with Crippen LogP contribution in [0.25, 0.3) is 0 Å². The van der Waals surface area contributed by atoms with Crippen LogP contribution in [0.3, 0.4) is 0 Å². The van der Waals surface area contributed by atoms with Crippen molar-refractivity contribution in [1.82, 2.24) is 15.0 Å². The fourth-order valence-corrected chi connectivity index (χ4v) is 2.58. The smallest absolute Gasteiger partial charge is 0.218 e. The lowest BCUT2D eigenvalue weighted by Crippen LogP contribution is -2.40. The van der Waals surface area contributed by atoms with Gasteiger partial charge in [0.05, 0.1) is 25.5 Å². The topological polar surface area (TPSA) is 60.4 Å². The number of hydrogen-bond donors (Lipinski definition) is 0. The van der Waals surface area contributed by atoms with Crippen LogP contribution < -0.4 is 9.64 Å². The van der Waals surface area contributed by atoms with E-state index >= 15 is 0 Å². The maximum absolute atomic E-state index is 6.00. The zero-order valence-electron chi connectivity index (χ0n) is 12.7. The Balaban J connectivity index is 1.59. The molecule has 3 rings (SSSR count). The Morgan fingerprint density at radius 2 is 2.23 bits per heavy atom. The number of nitrogens with zero attached hydrogens (tertiary/aromatic N) is 4. The second-order valence-corrected chi connectivity index (χ2v) is 5.26. The van der Waals surface area contributed by atoms with Crippen molar-refractivity contribution in [3.63, 3.8) is 0 Å². The van der Waals surface area contributed by atoms with Gasteiger partial charge in [0.1, 0.15) is 12.1 Å². The van der Waals surface area contributed by atoms with Crippen LogP contribution in [0.15, 0.2) is 36.8 Å². The Morgan fingerprint density at radius 3 is 3.05 bits per heavy atom. The average Bonchev–Trinajstić information content (AvgIpc) is 2.61. The quantitative estimate of drug-likeness (QED) is 0.842. The van der Waals surface area contributed by atoms with Gasteiger partial charge in [0.25, 0.3) is 0 Å². The van der Waals surface area contributed by atoms with E-state index in [2.05, 4.69) is 19.9 Å². The molecule has 0 amide bonds. The Bertz CT molecular complexity index is 594. The van der Waals surface area contributed by atoms with E-state index < -0.39 is 0 Å². The van der Waals surface area contributed by atoms with Crippen molar-refractivity contribution in [2.24, 2.45) is 0 Å². The minimum atomic E-state index is 0.191. The van der Waals surface area contributed by atoms with Gasteiger partial charge < -0.3 is 14.4 Å². The summed E-state index contributed by atoms with van der Waals surface area (Å²) in [6, 6.07) is 7.73. The molecule has 3 heterocycles. The van der Waals surface area contributed by atoms with Gasteiger partial charge in [-0.2, -0.15) is 0 Å². The summed E-state index contributed by atoms with van der Waals surface area (Å²) < 4.78 is 11.2. The maximum atomic E-state index is 6.00. The summed E-state index contributed by atoms with van der Waals surface area (Å²) in [5.41, 5.74) is 0.961. The van der Waals surface area contributed by atoms with E-state index in [0.717, 1.165) is 37.4 Å². The predicted molar refractivity (Wildman–Crippen MR) is 82.8 cm³/mol. The monoisotopic (exact) mass is 300 g/mol. The Morgan fingerprint density at radius 1 is 1.27 bits per heavy atom. The molecule has 0 N–H and O–H groups in total. The fraction of sp³-hybridized carbons (Fsp3) is 0.438. The summed E-state index contributed by atoms with van der Waals surface area (Å²) in [6.45, 7) is 2.35. The fourth-order valence-electron chi connectivity index (χ4n) is 2.58. The molecule has 0 aromatic carbocycles. The molecule has 0 aliphatic carbocycles.